The molecule has 5 rings (SSSR count). The molecular formula is C29H28F2O2. The number of hydrogen-bond acceptors (Lipinski definition) is 2. The predicted molar refractivity (Wildman–Crippen MR) is 126 cm³/mol. The van der Waals surface area contributed by atoms with E-state index in [1.54, 1.807) is 6.07 Å². The van der Waals surface area contributed by atoms with Gasteiger partial charge in [0.25, 0.3) is 0 Å². The Morgan fingerprint density at radius 1 is 1.00 bits per heavy atom. The number of hydrogen-bond donors (Lipinski definition) is 2. The highest BCUT2D eigenvalue weighted by molar-refractivity contribution is 5.59. The highest BCUT2D eigenvalue weighted by atomic mass is 19.1. The molecular weight excluding hydrogens is 418 g/mol. The normalized spacial score (nSPS) is 27.8. The summed E-state index contributed by atoms with van der Waals surface area (Å²) in [5, 5.41) is 22.1. The zero-order valence-corrected chi connectivity index (χ0v) is 18.7. The number of benzene rings is 3. The van der Waals surface area contributed by atoms with Crippen molar-refractivity contribution in [3.63, 3.8) is 0 Å². The first-order valence-corrected chi connectivity index (χ1v) is 11.6. The van der Waals surface area contributed by atoms with Crippen LogP contribution in [-0.2, 0) is 17.4 Å². The van der Waals surface area contributed by atoms with E-state index in [0.717, 1.165) is 30.4 Å². The van der Waals surface area contributed by atoms with Crippen LogP contribution in [0.3, 0.4) is 0 Å². The molecule has 0 bridgehead atoms. The molecule has 3 aromatic carbocycles. The van der Waals surface area contributed by atoms with Crippen LogP contribution in [0.15, 0.2) is 72.3 Å². The number of aryl methyl sites for hydroxylation is 1. The van der Waals surface area contributed by atoms with Crippen LogP contribution in [-0.4, -0.2) is 10.2 Å². The van der Waals surface area contributed by atoms with Crippen LogP contribution in [0.25, 0.3) is 6.08 Å². The Balaban J connectivity index is 1.72. The second-order valence-electron chi connectivity index (χ2n) is 9.50. The average molecular weight is 447 g/mol. The number of halogens is 2. The maximum atomic E-state index is 15.0. The summed E-state index contributed by atoms with van der Waals surface area (Å²) in [5.74, 6) is -1.14. The first-order chi connectivity index (χ1) is 15.9. The molecule has 0 radical (unpaired) electrons. The van der Waals surface area contributed by atoms with Crippen LogP contribution in [0.4, 0.5) is 8.78 Å². The molecule has 0 heterocycles. The Hall–Kier alpha value is -2.98. The van der Waals surface area contributed by atoms with Crippen molar-refractivity contribution < 1.29 is 19.0 Å². The second kappa shape index (κ2) is 8.11. The van der Waals surface area contributed by atoms with Crippen molar-refractivity contribution in [2.24, 2.45) is 5.92 Å². The number of phenols is 1. The van der Waals surface area contributed by atoms with E-state index in [4.69, 9.17) is 0 Å². The minimum Gasteiger partial charge on any atom is -0.508 e. The smallest absolute Gasteiger partial charge is 0.132 e. The van der Waals surface area contributed by atoms with Gasteiger partial charge in [0.2, 0.25) is 0 Å². The van der Waals surface area contributed by atoms with Crippen LogP contribution >= 0.6 is 0 Å². The van der Waals surface area contributed by atoms with E-state index in [0.29, 0.717) is 12.0 Å². The molecule has 0 amide bonds. The summed E-state index contributed by atoms with van der Waals surface area (Å²) in [6.45, 7) is 2.14. The van der Waals surface area contributed by atoms with E-state index >= 15 is 8.78 Å². The third-order valence-corrected chi connectivity index (χ3v) is 7.90. The lowest BCUT2D eigenvalue weighted by molar-refractivity contribution is -0.0135. The molecule has 0 saturated heterocycles. The van der Waals surface area contributed by atoms with Gasteiger partial charge >= 0.3 is 0 Å². The molecule has 3 aromatic rings. The number of aromatic hydroxyl groups is 1. The van der Waals surface area contributed by atoms with E-state index in [1.807, 2.05) is 48.5 Å². The van der Waals surface area contributed by atoms with Gasteiger partial charge in [0.1, 0.15) is 23.0 Å². The molecule has 0 aromatic heterocycles. The Kier molecular flexibility index (Phi) is 5.37. The van der Waals surface area contributed by atoms with Gasteiger partial charge in [-0.2, -0.15) is 0 Å². The van der Waals surface area contributed by atoms with Crippen LogP contribution < -0.4 is 0 Å². The molecule has 2 N–H and O–H groups in total. The van der Waals surface area contributed by atoms with Gasteiger partial charge < -0.3 is 10.2 Å². The number of aliphatic hydroxyl groups is 1. The molecule has 1 fully saturated rings. The van der Waals surface area contributed by atoms with Gasteiger partial charge in [0.05, 0.1) is 5.56 Å². The van der Waals surface area contributed by atoms with Crippen LogP contribution in [0, 0.1) is 17.6 Å². The Labute approximate surface area is 193 Å². The van der Waals surface area contributed by atoms with Gasteiger partial charge in [0.15, 0.2) is 0 Å². The molecule has 3 atom stereocenters. The Morgan fingerprint density at radius 2 is 1.73 bits per heavy atom. The quantitative estimate of drug-likeness (QED) is 0.473. The molecule has 2 unspecified atom stereocenters. The van der Waals surface area contributed by atoms with Gasteiger partial charge in [-0.05, 0) is 84.6 Å². The molecule has 33 heavy (non-hydrogen) atoms. The highest BCUT2D eigenvalue weighted by Crippen LogP contribution is 2.59. The molecule has 0 aliphatic heterocycles. The van der Waals surface area contributed by atoms with E-state index in [-0.39, 0.29) is 29.1 Å². The number of phenolic OH excluding ortho intramolecular Hbond substituents is 1. The predicted octanol–water partition coefficient (Wildman–Crippen LogP) is 6.65. The van der Waals surface area contributed by atoms with E-state index in [9.17, 15) is 10.2 Å². The lowest BCUT2D eigenvalue weighted by Crippen LogP contribution is -2.50. The van der Waals surface area contributed by atoms with Crippen LogP contribution in [0.5, 0.6) is 5.75 Å². The highest BCUT2D eigenvalue weighted by Gasteiger charge is 2.54. The topological polar surface area (TPSA) is 40.5 Å². The molecule has 2 aliphatic rings. The zero-order chi connectivity index (χ0) is 23.2. The summed E-state index contributed by atoms with van der Waals surface area (Å²) >= 11 is 0. The molecule has 1 saturated carbocycles. The first-order valence-electron chi connectivity index (χ1n) is 11.6. The van der Waals surface area contributed by atoms with Crippen molar-refractivity contribution in [3.05, 3.63) is 106 Å². The third-order valence-electron chi connectivity index (χ3n) is 7.90. The molecule has 4 heteroatoms. The number of fused-ring (bicyclic) bond motifs is 3. The standard InChI is InChI=1S/C29H28F2O2/c1-2-28-17-22(15-19-7-4-3-5-8-19)29(33,27-25(30)9-6-10-26(27)31)18-21(28)12-11-20-16-23(32)13-14-24(20)28/h3-10,13-16,21,32-33H,2,11-12,17-18H2,1H3/t21-,28?,29?/m1/s1. The lowest BCUT2D eigenvalue weighted by atomic mass is 9.51. The van der Waals surface area contributed by atoms with Crippen LogP contribution in [0.2, 0.25) is 0 Å². The van der Waals surface area contributed by atoms with Gasteiger partial charge in [-0.25, -0.2) is 8.78 Å². The largest absolute Gasteiger partial charge is 0.508 e. The summed E-state index contributed by atoms with van der Waals surface area (Å²) in [4.78, 5) is 0. The van der Waals surface area contributed by atoms with E-state index < -0.39 is 17.2 Å². The van der Waals surface area contributed by atoms with Gasteiger partial charge in [0, 0.05) is 5.41 Å². The summed E-state index contributed by atoms with van der Waals surface area (Å²) in [5.41, 5.74) is 1.54. The molecule has 0 spiro atoms. The molecule has 170 valence electrons. The van der Waals surface area contributed by atoms with E-state index in [2.05, 4.69) is 6.92 Å². The SMILES string of the molecule is CCC12CC(=Cc3ccccc3)C(O)(c3c(F)cccc3F)C[C@H]1CCc1cc(O)ccc12. The second-order valence-corrected chi connectivity index (χ2v) is 9.50. The first kappa shape index (κ1) is 21.8. The lowest BCUT2D eigenvalue weighted by Gasteiger charge is -2.54. The Morgan fingerprint density at radius 3 is 2.42 bits per heavy atom. The van der Waals surface area contributed by atoms with E-state index in [1.165, 1.54) is 23.8 Å². The van der Waals surface area contributed by atoms with Crippen molar-refractivity contribution in [1.82, 2.24) is 0 Å². The molecule has 2 aliphatic carbocycles. The summed E-state index contributed by atoms with van der Waals surface area (Å²) in [6, 6.07) is 18.9. The fourth-order valence-electron chi connectivity index (χ4n) is 6.29. The van der Waals surface area contributed by atoms with Gasteiger partial charge in [-0.1, -0.05) is 55.5 Å². The van der Waals surface area contributed by atoms with Crippen molar-refractivity contribution in [2.45, 2.75) is 50.0 Å². The van der Waals surface area contributed by atoms with Gasteiger partial charge in [-0.15, -0.1) is 0 Å². The summed E-state index contributed by atoms with van der Waals surface area (Å²) < 4.78 is 30.0. The van der Waals surface area contributed by atoms with Crippen molar-refractivity contribution in [3.8, 4) is 5.75 Å². The molecule has 2 nitrogen and oxygen atoms in total. The minimum atomic E-state index is -1.73. The van der Waals surface area contributed by atoms with Crippen molar-refractivity contribution >= 4 is 6.08 Å². The maximum absolute atomic E-state index is 15.0. The third kappa shape index (κ3) is 3.48. The van der Waals surface area contributed by atoms with Crippen molar-refractivity contribution in [2.75, 3.05) is 0 Å². The monoisotopic (exact) mass is 446 g/mol. The zero-order valence-electron chi connectivity index (χ0n) is 18.7. The Bertz CT molecular complexity index is 1200. The van der Waals surface area contributed by atoms with Crippen LogP contribution in [0.1, 0.15) is 54.9 Å². The number of rotatable bonds is 3. The van der Waals surface area contributed by atoms with Crippen molar-refractivity contribution in [1.29, 1.82) is 0 Å². The van der Waals surface area contributed by atoms with Gasteiger partial charge in [-0.3, -0.25) is 0 Å². The average Bonchev–Trinajstić information content (AvgIpc) is 2.80. The maximum Gasteiger partial charge on any atom is 0.132 e. The minimum absolute atomic E-state index is 0.0523. The summed E-state index contributed by atoms with van der Waals surface area (Å²) in [7, 11) is 0. The fraction of sp³-hybridized carbons (Fsp3) is 0.310. The fourth-order valence-corrected chi connectivity index (χ4v) is 6.29. The summed E-state index contributed by atoms with van der Waals surface area (Å²) in [6.07, 6.45) is 5.03.